The zero-order valence-corrected chi connectivity index (χ0v) is 17.0. The van der Waals surface area contributed by atoms with Crippen molar-refractivity contribution < 1.29 is 9.47 Å². The van der Waals surface area contributed by atoms with Crippen molar-refractivity contribution in [2.75, 3.05) is 13.2 Å². The number of hydrogen-bond donors (Lipinski definition) is 1. The first-order valence-corrected chi connectivity index (χ1v) is 9.57. The van der Waals surface area contributed by atoms with E-state index in [1.807, 2.05) is 42.7 Å². The molecule has 0 spiro atoms. The monoisotopic (exact) mass is 383 g/mol. The molecule has 1 heterocycles. The lowest BCUT2D eigenvalue weighted by Crippen LogP contribution is -2.06. The molecule has 6 heteroatoms. The zero-order valence-electron chi connectivity index (χ0n) is 16.2. The predicted molar refractivity (Wildman–Crippen MR) is 110 cm³/mol. The van der Waals surface area contributed by atoms with E-state index in [-0.39, 0.29) is 0 Å². The van der Waals surface area contributed by atoms with Crippen molar-refractivity contribution in [2.24, 2.45) is 0 Å². The Morgan fingerprint density at radius 3 is 2.52 bits per heavy atom. The van der Waals surface area contributed by atoms with Gasteiger partial charge in [0.2, 0.25) is 0 Å². The van der Waals surface area contributed by atoms with E-state index in [0.717, 1.165) is 28.6 Å². The van der Waals surface area contributed by atoms with E-state index in [2.05, 4.69) is 36.2 Å². The summed E-state index contributed by atoms with van der Waals surface area (Å²) in [4.78, 5) is 0. The molecular weight excluding hydrogens is 358 g/mol. The standard InChI is InChI=1S/C21H25N3O2S/c1-5-25-18-11-10-16(12-19(18)26-6-2)13-20-22-23-21(27)24(20)17-9-7-8-14(3)15(17)4/h7-12H,5-6,13H2,1-4H3,(H,23,27). The van der Waals surface area contributed by atoms with Crippen LogP contribution in [0, 0.1) is 18.6 Å². The fourth-order valence-corrected chi connectivity index (χ4v) is 3.31. The first-order chi connectivity index (χ1) is 13.0. The van der Waals surface area contributed by atoms with Crippen LogP contribution in [0.3, 0.4) is 0 Å². The van der Waals surface area contributed by atoms with E-state index in [1.54, 1.807) is 0 Å². The molecule has 3 aromatic rings. The smallest absolute Gasteiger partial charge is 0.199 e. The van der Waals surface area contributed by atoms with E-state index in [4.69, 9.17) is 21.7 Å². The van der Waals surface area contributed by atoms with Crippen molar-refractivity contribution in [3.05, 3.63) is 63.7 Å². The van der Waals surface area contributed by atoms with Crippen LogP contribution in [-0.4, -0.2) is 28.0 Å². The van der Waals surface area contributed by atoms with Crippen molar-refractivity contribution in [3.8, 4) is 17.2 Å². The Bertz CT molecular complexity index is 991. The van der Waals surface area contributed by atoms with Crippen LogP contribution in [0.25, 0.3) is 5.69 Å². The Morgan fingerprint density at radius 2 is 1.78 bits per heavy atom. The third kappa shape index (κ3) is 4.06. The summed E-state index contributed by atoms with van der Waals surface area (Å²) < 4.78 is 14.0. The van der Waals surface area contributed by atoms with Crippen LogP contribution < -0.4 is 9.47 Å². The van der Waals surface area contributed by atoms with E-state index in [9.17, 15) is 0 Å². The van der Waals surface area contributed by atoms with Crippen LogP contribution in [0.5, 0.6) is 11.5 Å². The summed E-state index contributed by atoms with van der Waals surface area (Å²) >= 11 is 5.50. The number of aromatic nitrogens is 3. The molecule has 1 aromatic heterocycles. The van der Waals surface area contributed by atoms with Gasteiger partial charge in [-0.05, 0) is 74.8 Å². The lowest BCUT2D eigenvalue weighted by molar-refractivity contribution is 0.287. The average Bonchev–Trinajstić information content (AvgIpc) is 3.00. The maximum absolute atomic E-state index is 5.74. The van der Waals surface area contributed by atoms with Gasteiger partial charge in [-0.15, -0.1) is 0 Å². The second-order valence-corrected chi connectivity index (χ2v) is 6.71. The lowest BCUT2D eigenvalue weighted by Gasteiger charge is -2.14. The van der Waals surface area contributed by atoms with Crippen molar-refractivity contribution in [3.63, 3.8) is 0 Å². The van der Waals surface area contributed by atoms with Gasteiger partial charge < -0.3 is 9.47 Å². The molecule has 27 heavy (non-hydrogen) atoms. The Hall–Kier alpha value is -2.60. The Labute approximate surface area is 165 Å². The molecule has 0 amide bonds. The van der Waals surface area contributed by atoms with Gasteiger partial charge in [0.1, 0.15) is 5.82 Å². The minimum Gasteiger partial charge on any atom is -0.490 e. The number of rotatable bonds is 7. The van der Waals surface area contributed by atoms with Crippen molar-refractivity contribution in [2.45, 2.75) is 34.1 Å². The Kier molecular flexibility index (Phi) is 5.96. The second-order valence-electron chi connectivity index (χ2n) is 6.32. The number of nitrogens with one attached hydrogen (secondary N) is 1. The molecule has 2 aromatic carbocycles. The van der Waals surface area contributed by atoms with Gasteiger partial charge in [-0.3, -0.25) is 9.67 Å². The molecule has 0 aliphatic rings. The third-order valence-electron chi connectivity index (χ3n) is 4.53. The maximum atomic E-state index is 5.74. The number of aryl methyl sites for hydroxylation is 1. The summed E-state index contributed by atoms with van der Waals surface area (Å²) in [5, 5.41) is 7.40. The molecule has 3 rings (SSSR count). The number of nitrogens with zero attached hydrogens (tertiary/aromatic N) is 2. The average molecular weight is 384 g/mol. The molecule has 0 fully saturated rings. The van der Waals surface area contributed by atoms with Crippen LogP contribution in [-0.2, 0) is 6.42 Å². The third-order valence-corrected chi connectivity index (χ3v) is 4.80. The molecule has 1 N–H and O–H groups in total. The van der Waals surface area contributed by atoms with Gasteiger partial charge in [-0.1, -0.05) is 18.2 Å². The highest BCUT2D eigenvalue weighted by Gasteiger charge is 2.14. The highest BCUT2D eigenvalue weighted by atomic mass is 32.1. The summed E-state index contributed by atoms with van der Waals surface area (Å²) in [5.74, 6) is 2.38. The fraction of sp³-hybridized carbons (Fsp3) is 0.333. The van der Waals surface area contributed by atoms with Gasteiger partial charge in [0, 0.05) is 6.42 Å². The minimum absolute atomic E-state index is 0.588. The van der Waals surface area contributed by atoms with E-state index < -0.39 is 0 Å². The molecule has 0 aliphatic heterocycles. The SMILES string of the molecule is CCOc1ccc(Cc2n[nH]c(=S)n2-c2cccc(C)c2C)cc1OCC. The van der Waals surface area contributed by atoms with Crippen LogP contribution in [0.2, 0.25) is 0 Å². The van der Waals surface area contributed by atoms with Crippen LogP contribution in [0.15, 0.2) is 36.4 Å². The number of benzene rings is 2. The minimum atomic E-state index is 0.588. The van der Waals surface area contributed by atoms with E-state index in [1.165, 1.54) is 11.1 Å². The highest BCUT2D eigenvalue weighted by molar-refractivity contribution is 7.71. The van der Waals surface area contributed by atoms with E-state index in [0.29, 0.717) is 24.4 Å². The predicted octanol–water partition coefficient (Wildman–Crippen LogP) is 4.93. The first-order valence-electron chi connectivity index (χ1n) is 9.16. The molecule has 5 nitrogen and oxygen atoms in total. The summed E-state index contributed by atoms with van der Waals surface area (Å²) in [6, 6.07) is 12.2. The molecule has 0 saturated carbocycles. The quantitative estimate of drug-likeness (QED) is 0.588. The molecule has 142 valence electrons. The molecule has 0 atom stereocenters. The van der Waals surface area contributed by atoms with Crippen LogP contribution in [0.4, 0.5) is 0 Å². The molecule has 0 radical (unpaired) electrons. The summed E-state index contributed by atoms with van der Waals surface area (Å²) in [6.45, 7) is 9.32. The van der Waals surface area contributed by atoms with Gasteiger partial charge >= 0.3 is 0 Å². The summed E-state index contributed by atoms with van der Waals surface area (Å²) in [6.07, 6.45) is 0.632. The Morgan fingerprint density at radius 1 is 1.04 bits per heavy atom. The van der Waals surface area contributed by atoms with Gasteiger partial charge in [0.15, 0.2) is 16.3 Å². The number of hydrogen-bond acceptors (Lipinski definition) is 4. The largest absolute Gasteiger partial charge is 0.490 e. The van der Waals surface area contributed by atoms with E-state index >= 15 is 0 Å². The fourth-order valence-electron chi connectivity index (χ4n) is 3.06. The maximum Gasteiger partial charge on any atom is 0.199 e. The van der Waals surface area contributed by atoms with Crippen LogP contribution in [0.1, 0.15) is 36.4 Å². The normalized spacial score (nSPS) is 10.8. The first kappa shape index (κ1) is 19.2. The summed E-state index contributed by atoms with van der Waals surface area (Å²) in [7, 11) is 0. The van der Waals surface area contributed by atoms with Crippen LogP contribution >= 0.6 is 12.2 Å². The van der Waals surface area contributed by atoms with Crippen molar-refractivity contribution >= 4 is 12.2 Å². The topological polar surface area (TPSA) is 52.1 Å². The molecule has 0 aliphatic carbocycles. The zero-order chi connectivity index (χ0) is 19.4. The highest BCUT2D eigenvalue weighted by Crippen LogP contribution is 2.29. The number of ether oxygens (including phenoxy) is 2. The lowest BCUT2D eigenvalue weighted by atomic mass is 10.1. The van der Waals surface area contributed by atoms with Crippen molar-refractivity contribution in [1.29, 1.82) is 0 Å². The van der Waals surface area contributed by atoms with Gasteiger partial charge in [-0.25, -0.2) is 0 Å². The van der Waals surface area contributed by atoms with Gasteiger partial charge in [-0.2, -0.15) is 5.10 Å². The molecule has 0 bridgehead atoms. The Balaban J connectivity index is 1.99. The molecule has 0 saturated heterocycles. The summed E-state index contributed by atoms with van der Waals surface area (Å²) in [5.41, 5.74) is 4.56. The van der Waals surface area contributed by atoms with Crippen molar-refractivity contribution in [1.82, 2.24) is 14.8 Å². The number of aromatic amines is 1. The van der Waals surface area contributed by atoms with Gasteiger partial charge in [0.25, 0.3) is 0 Å². The second kappa shape index (κ2) is 8.39. The number of H-pyrrole nitrogens is 1. The molecular formula is C21H25N3O2S. The molecule has 0 unspecified atom stereocenters. The van der Waals surface area contributed by atoms with Gasteiger partial charge in [0.05, 0.1) is 18.9 Å².